The standard InChI is InChI=1S/C12H12ClIN2S/c13-12-5-4-10(17-12)7-11(16-15)8-2-1-3-9(14)6-8/h1-6,11,16H,7,15H2. The third-order valence-corrected chi connectivity index (χ3v) is 4.41. The minimum absolute atomic E-state index is 0.124. The largest absolute Gasteiger partial charge is 0.271 e. The summed E-state index contributed by atoms with van der Waals surface area (Å²) in [5.41, 5.74) is 4.06. The summed E-state index contributed by atoms with van der Waals surface area (Å²) in [6.45, 7) is 0. The zero-order valence-electron chi connectivity index (χ0n) is 8.99. The molecule has 2 nitrogen and oxygen atoms in total. The van der Waals surface area contributed by atoms with Crippen LogP contribution in [0.2, 0.25) is 4.34 Å². The first-order valence-corrected chi connectivity index (χ1v) is 7.42. The minimum Gasteiger partial charge on any atom is -0.271 e. The van der Waals surface area contributed by atoms with Crippen molar-refractivity contribution in [2.75, 3.05) is 0 Å². The molecular weight excluding hydrogens is 367 g/mol. The van der Waals surface area contributed by atoms with Crippen molar-refractivity contribution in [3.8, 4) is 0 Å². The monoisotopic (exact) mass is 378 g/mol. The van der Waals surface area contributed by atoms with Gasteiger partial charge in [0, 0.05) is 14.9 Å². The molecule has 17 heavy (non-hydrogen) atoms. The highest BCUT2D eigenvalue weighted by molar-refractivity contribution is 14.1. The molecule has 0 aliphatic rings. The molecule has 1 aromatic carbocycles. The molecule has 1 atom stereocenters. The molecule has 5 heteroatoms. The molecule has 0 spiro atoms. The van der Waals surface area contributed by atoms with Crippen LogP contribution >= 0.6 is 45.5 Å². The van der Waals surface area contributed by atoms with Gasteiger partial charge in [-0.15, -0.1) is 11.3 Å². The lowest BCUT2D eigenvalue weighted by Crippen LogP contribution is -2.29. The van der Waals surface area contributed by atoms with E-state index in [2.05, 4.69) is 46.2 Å². The van der Waals surface area contributed by atoms with E-state index in [0.29, 0.717) is 0 Å². The van der Waals surface area contributed by atoms with Crippen LogP contribution in [0.4, 0.5) is 0 Å². The Labute approximate surface area is 123 Å². The van der Waals surface area contributed by atoms with E-state index in [1.165, 1.54) is 14.0 Å². The van der Waals surface area contributed by atoms with Crippen molar-refractivity contribution < 1.29 is 0 Å². The number of hydrazine groups is 1. The summed E-state index contributed by atoms with van der Waals surface area (Å²) in [5.74, 6) is 5.63. The van der Waals surface area contributed by atoms with Gasteiger partial charge in [0.1, 0.15) is 0 Å². The zero-order chi connectivity index (χ0) is 12.3. The van der Waals surface area contributed by atoms with Gasteiger partial charge in [-0.25, -0.2) is 0 Å². The third-order valence-electron chi connectivity index (χ3n) is 2.49. The van der Waals surface area contributed by atoms with E-state index in [1.807, 2.05) is 18.2 Å². The van der Waals surface area contributed by atoms with Gasteiger partial charge in [0.2, 0.25) is 0 Å². The highest BCUT2D eigenvalue weighted by Gasteiger charge is 2.12. The van der Waals surface area contributed by atoms with Crippen molar-refractivity contribution in [1.82, 2.24) is 5.43 Å². The van der Waals surface area contributed by atoms with Crippen LogP contribution in [0, 0.1) is 3.57 Å². The zero-order valence-corrected chi connectivity index (χ0v) is 12.7. The van der Waals surface area contributed by atoms with Gasteiger partial charge in [-0.05, 0) is 52.4 Å². The predicted molar refractivity (Wildman–Crippen MR) is 82.3 cm³/mol. The SMILES string of the molecule is NNC(Cc1ccc(Cl)s1)c1cccc(I)c1. The lowest BCUT2D eigenvalue weighted by Gasteiger charge is -2.15. The number of hydrogen-bond acceptors (Lipinski definition) is 3. The van der Waals surface area contributed by atoms with Gasteiger partial charge in [-0.2, -0.15) is 0 Å². The molecule has 0 saturated heterocycles. The van der Waals surface area contributed by atoms with Crippen LogP contribution in [0.25, 0.3) is 0 Å². The second-order valence-corrected chi connectivity index (χ2v) is 6.73. The fraction of sp³-hybridized carbons (Fsp3) is 0.167. The first-order chi connectivity index (χ1) is 8.19. The number of hydrogen-bond donors (Lipinski definition) is 2. The highest BCUT2D eigenvalue weighted by Crippen LogP contribution is 2.26. The van der Waals surface area contributed by atoms with Gasteiger partial charge >= 0.3 is 0 Å². The second kappa shape index (κ2) is 6.15. The molecule has 0 saturated carbocycles. The van der Waals surface area contributed by atoms with E-state index in [1.54, 1.807) is 11.3 Å². The number of halogens is 2. The van der Waals surface area contributed by atoms with Gasteiger partial charge in [0.15, 0.2) is 0 Å². The Morgan fingerprint density at radius 2 is 2.18 bits per heavy atom. The van der Waals surface area contributed by atoms with Gasteiger partial charge in [-0.1, -0.05) is 23.7 Å². The van der Waals surface area contributed by atoms with E-state index >= 15 is 0 Å². The fourth-order valence-electron chi connectivity index (χ4n) is 1.66. The van der Waals surface area contributed by atoms with Gasteiger partial charge in [0.25, 0.3) is 0 Å². The number of rotatable bonds is 4. The first kappa shape index (κ1) is 13.3. The smallest absolute Gasteiger partial charge is 0.0931 e. The molecule has 0 fully saturated rings. The summed E-state index contributed by atoms with van der Waals surface area (Å²) in [7, 11) is 0. The predicted octanol–water partition coefficient (Wildman–Crippen LogP) is 3.75. The second-order valence-electron chi connectivity index (χ2n) is 3.68. The third kappa shape index (κ3) is 3.66. The van der Waals surface area contributed by atoms with Crippen LogP contribution in [0.3, 0.4) is 0 Å². The van der Waals surface area contributed by atoms with Gasteiger partial charge in [-0.3, -0.25) is 11.3 Å². The number of nitrogens with one attached hydrogen (secondary N) is 1. The Balaban J connectivity index is 2.16. The maximum atomic E-state index is 5.92. The van der Waals surface area contributed by atoms with Crippen LogP contribution in [0.5, 0.6) is 0 Å². The normalized spacial score (nSPS) is 12.6. The fourth-order valence-corrected chi connectivity index (χ4v) is 3.36. The van der Waals surface area contributed by atoms with Crippen LogP contribution in [-0.2, 0) is 6.42 Å². The maximum Gasteiger partial charge on any atom is 0.0931 e. The molecule has 0 radical (unpaired) electrons. The van der Waals surface area contributed by atoms with E-state index in [4.69, 9.17) is 17.4 Å². The molecule has 1 aromatic heterocycles. The molecule has 0 aliphatic carbocycles. The molecule has 0 amide bonds. The Morgan fingerprint density at radius 1 is 1.35 bits per heavy atom. The molecule has 3 N–H and O–H groups in total. The number of thiophene rings is 1. The quantitative estimate of drug-likeness (QED) is 0.483. The number of nitrogens with two attached hydrogens (primary N) is 1. The molecule has 0 bridgehead atoms. The van der Waals surface area contributed by atoms with Crippen molar-refractivity contribution in [2.45, 2.75) is 12.5 Å². The van der Waals surface area contributed by atoms with Crippen molar-refractivity contribution in [2.24, 2.45) is 5.84 Å². The molecule has 90 valence electrons. The van der Waals surface area contributed by atoms with Gasteiger partial charge in [0.05, 0.1) is 10.4 Å². The molecule has 1 heterocycles. The molecule has 1 unspecified atom stereocenters. The Hall–Kier alpha value is -0.140. The minimum atomic E-state index is 0.124. The Morgan fingerprint density at radius 3 is 2.76 bits per heavy atom. The first-order valence-electron chi connectivity index (χ1n) is 5.15. The van der Waals surface area contributed by atoms with Crippen LogP contribution < -0.4 is 11.3 Å². The van der Waals surface area contributed by atoms with Crippen molar-refractivity contribution in [3.05, 3.63) is 54.7 Å². The lowest BCUT2D eigenvalue weighted by atomic mass is 10.0. The van der Waals surface area contributed by atoms with E-state index in [0.717, 1.165) is 10.8 Å². The summed E-state index contributed by atoms with van der Waals surface area (Å²) in [6.07, 6.45) is 0.855. The molecule has 0 aliphatic heterocycles. The summed E-state index contributed by atoms with van der Waals surface area (Å²) in [4.78, 5) is 1.23. The molecular formula is C12H12ClIN2S. The van der Waals surface area contributed by atoms with Crippen LogP contribution in [-0.4, -0.2) is 0 Å². The average molecular weight is 379 g/mol. The number of benzene rings is 1. The van der Waals surface area contributed by atoms with Crippen molar-refractivity contribution in [1.29, 1.82) is 0 Å². The maximum absolute atomic E-state index is 5.92. The Kier molecular flexibility index (Phi) is 4.81. The molecule has 2 rings (SSSR count). The van der Waals surface area contributed by atoms with Gasteiger partial charge < -0.3 is 0 Å². The molecule has 2 aromatic rings. The summed E-state index contributed by atoms with van der Waals surface area (Å²) in [5, 5.41) is 0. The average Bonchev–Trinajstić information content (AvgIpc) is 2.72. The highest BCUT2D eigenvalue weighted by atomic mass is 127. The van der Waals surface area contributed by atoms with E-state index < -0.39 is 0 Å². The van der Waals surface area contributed by atoms with Crippen LogP contribution in [0.1, 0.15) is 16.5 Å². The lowest BCUT2D eigenvalue weighted by molar-refractivity contribution is 0.555. The summed E-state index contributed by atoms with van der Waals surface area (Å²) >= 11 is 9.83. The van der Waals surface area contributed by atoms with Crippen molar-refractivity contribution in [3.63, 3.8) is 0 Å². The Bertz CT molecular complexity index is 501. The summed E-state index contributed by atoms with van der Waals surface area (Å²) < 4.78 is 2.03. The summed E-state index contributed by atoms with van der Waals surface area (Å²) in [6, 6.07) is 12.4. The van der Waals surface area contributed by atoms with Crippen LogP contribution in [0.15, 0.2) is 36.4 Å². The van der Waals surface area contributed by atoms with E-state index in [9.17, 15) is 0 Å². The van der Waals surface area contributed by atoms with Crippen molar-refractivity contribution >= 4 is 45.5 Å². The topological polar surface area (TPSA) is 38.0 Å². The van der Waals surface area contributed by atoms with E-state index in [-0.39, 0.29) is 6.04 Å².